The molecule has 0 spiro atoms. The number of aliphatic imine (C=N–C) groups is 1. The highest BCUT2D eigenvalue weighted by Gasteiger charge is 2.13. The van der Waals surface area contributed by atoms with Crippen molar-refractivity contribution in [3.63, 3.8) is 0 Å². The van der Waals surface area contributed by atoms with E-state index >= 15 is 0 Å². The van der Waals surface area contributed by atoms with Gasteiger partial charge in [-0.1, -0.05) is 13.3 Å². The highest BCUT2D eigenvalue weighted by molar-refractivity contribution is 5.81. The van der Waals surface area contributed by atoms with Gasteiger partial charge in [-0.15, -0.1) is 0 Å². The first kappa shape index (κ1) is 21.7. The Morgan fingerprint density at radius 2 is 1.80 bits per heavy atom. The maximum atomic E-state index is 12.1. The summed E-state index contributed by atoms with van der Waals surface area (Å²) < 4.78 is 0. The molecule has 6 heteroatoms. The molecule has 1 aliphatic heterocycles. The average molecular weight is 354 g/mol. The molecule has 1 saturated heterocycles. The number of nitrogens with zero attached hydrogens (tertiary/aromatic N) is 3. The van der Waals surface area contributed by atoms with Crippen LogP contribution < -0.4 is 10.6 Å². The Hall–Kier alpha value is -1.30. The fourth-order valence-electron chi connectivity index (χ4n) is 3.25. The molecule has 1 fully saturated rings. The van der Waals surface area contributed by atoms with Gasteiger partial charge in [0.15, 0.2) is 5.96 Å². The molecule has 0 saturated carbocycles. The Balaban J connectivity index is 2.35. The van der Waals surface area contributed by atoms with Gasteiger partial charge in [0.1, 0.15) is 0 Å². The van der Waals surface area contributed by atoms with Gasteiger partial charge in [0.2, 0.25) is 5.91 Å². The van der Waals surface area contributed by atoms with Crippen LogP contribution in [-0.2, 0) is 4.79 Å². The molecule has 0 aromatic rings. The molecule has 1 atom stereocenters. The number of amides is 1. The summed E-state index contributed by atoms with van der Waals surface area (Å²) in [6.07, 6.45) is 4.56. The number of hydrogen-bond donors (Lipinski definition) is 2. The second-order valence-corrected chi connectivity index (χ2v) is 6.93. The topological polar surface area (TPSA) is 60.0 Å². The number of hydrogen-bond acceptors (Lipinski definition) is 3. The molecule has 0 aromatic heterocycles. The number of carbonyl (C=O) groups is 1. The first-order chi connectivity index (χ1) is 12.1. The van der Waals surface area contributed by atoms with Crippen LogP contribution in [0, 0.1) is 5.92 Å². The quantitative estimate of drug-likeness (QED) is 0.465. The molecule has 0 radical (unpaired) electrons. The number of rotatable bonds is 10. The molecule has 2 N–H and O–H groups in total. The van der Waals surface area contributed by atoms with Crippen molar-refractivity contribution < 1.29 is 4.79 Å². The lowest BCUT2D eigenvalue weighted by atomic mass is 10.1. The molecule has 0 bridgehead atoms. The minimum absolute atomic E-state index is 0.201. The van der Waals surface area contributed by atoms with Crippen molar-refractivity contribution in [3.8, 4) is 0 Å². The normalized spacial score (nSPS) is 17.2. The lowest BCUT2D eigenvalue weighted by molar-refractivity contribution is -0.130. The summed E-state index contributed by atoms with van der Waals surface area (Å²) in [7, 11) is 0. The molecule has 1 aliphatic rings. The number of piperidine rings is 1. The van der Waals surface area contributed by atoms with Crippen LogP contribution in [0.2, 0.25) is 0 Å². The molecule has 1 heterocycles. The first-order valence-corrected chi connectivity index (χ1v) is 10.1. The maximum Gasteiger partial charge on any atom is 0.224 e. The molecular weight excluding hydrogens is 314 g/mol. The van der Waals surface area contributed by atoms with Gasteiger partial charge in [0, 0.05) is 45.7 Å². The van der Waals surface area contributed by atoms with E-state index < -0.39 is 0 Å². The van der Waals surface area contributed by atoms with Crippen LogP contribution in [0.1, 0.15) is 53.4 Å². The summed E-state index contributed by atoms with van der Waals surface area (Å²) in [5, 5.41) is 6.56. The van der Waals surface area contributed by atoms with Crippen LogP contribution in [0.4, 0.5) is 0 Å². The van der Waals surface area contributed by atoms with Crippen molar-refractivity contribution in [1.82, 2.24) is 20.4 Å². The van der Waals surface area contributed by atoms with Crippen LogP contribution in [-0.4, -0.2) is 74.0 Å². The Labute approximate surface area is 154 Å². The summed E-state index contributed by atoms with van der Waals surface area (Å²) in [4.78, 5) is 21.2. The van der Waals surface area contributed by atoms with Crippen molar-refractivity contribution in [2.24, 2.45) is 10.9 Å². The van der Waals surface area contributed by atoms with Gasteiger partial charge in [-0.3, -0.25) is 9.79 Å². The zero-order valence-corrected chi connectivity index (χ0v) is 16.8. The van der Waals surface area contributed by atoms with Crippen molar-refractivity contribution in [3.05, 3.63) is 0 Å². The Morgan fingerprint density at radius 3 is 2.40 bits per heavy atom. The van der Waals surface area contributed by atoms with Crippen LogP contribution in [0.25, 0.3) is 0 Å². The van der Waals surface area contributed by atoms with Crippen molar-refractivity contribution in [2.75, 3.05) is 52.4 Å². The van der Waals surface area contributed by atoms with Crippen molar-refractivity contribution >= 4 is 11.9 Å². The minimum Gasteiger partial charge on any atom is -0.357 e. The molecule has 25 heavy (non-hydrogen) atoms. The third-order valence-corrected chi connectivity index (χ3v) is 4.67. The van der Waals surface area contributed by atoms with Gasteiger partial charge in [-0.2, -0.15) is 0 Å². The zero-order valence-electron chi connectivity index (χ0n) is 16.8. The number of likely N-dealkylation sites (tertiary alicyclic amines) is 1. The molecule has 1 amide bonds. The lowest BCUT2D eigenvalue weighted by Gasteiger charge is -2.28. The summed E-state index contributed by atoms with van der Waals surface area (Å²) in [6.45, 7) is 15.8. The summed E-state index contributed by atoms with van der Waals surface area (Å²) in [6, 6.07) is 0. The number of nitrogens with one attached hydrogen (secondary N) is 2. The highest BCUT2D eigenvalue weighted by Crippen LogP contribution is 2.11. The van der Waals surface area contributed by atoms with Crippen LogP contribution in [0.5, 0.6) is 0 Å². The van der Waals surface area contributed by atoms with E-state index in [4.69, 9.17) is 4.99 Å². The predicted molar refractivity (Wildman–Crippen MR) is 106 cm³/mol. The van der Waals surface area contributed by atoms with Crippen molar-refractivity contribution in [2.45, 2.75) is 53.4 Å². The van der Waals surface area contributed by atoms with E-state index in [0.717, 1.165) is 38.7 Å². The van der Waals surface area contributed by atoms with E-state index in [0.29, 0.717) is 18.9 Å². The SMILES string of the molecule is CCNC(=NCC(C)CN1CCCCC1)NCCC(=O)N(CC)CC. The molecular formula is C19H39N5O. The van der Waals surface area contributed by atoms with Gasteiger partial charge in [0.25, 0.3) is 0 Å². The van der Waals surface area contributed by atoms with E-state index in [9.17, 15) is 4.79 Å². The maximum absolute atomic E-state index is 12.1. The second kappa shape index (κ2) is 13.0. The fourth-order valence-corrected chi connectivity index (χ4v) is 3.25. The smallest absolute Gasteiger partial charge is 0.224 e. The Morgan fingerprint density at radius 1 is 1.12 bits per heavy atom. The second-order valence-electron chi connectivity index (χ2n) is 6.93. The summed E-state index contributed by atoms with van der Waals surface area (Å²) in [5.41, 5.74) is 0. The lowest BCUT2D eigenvalue weighted by Crippen LogP contribution is -2.40. The molecule has 0 aliphatic carbocycles. The zero-order chi connectivity index (χ0) is 18.5. The first-order valence-electron chi connectivity index (χ1n) is 10.1. The van der Waals surface area contributed by atoms with E-state index in [-0.39, 0.29) is 5.91 Å². The van der Waals surface area contributed by atoms with E-state index in [2.05, 4.69) is 29.4 Å². The Bertz CT molecular complexity index is 389. The average Bonchev–Trinajstić information content (AvgIpc) is 2.61. The monoisotopic (exact) mass is 353 g/mol. The third-order valence-electron chi connectivity index (χ3n) is 4.67. The van der Waals surface area contributed by atoms with Gasteiger partial charge in [-0.05, 0) is 52.6 Å². The van der Waals surface area contributed by atoms with Gasteiger partial charge in [0.05, 0.1) is 0 Å². The number of carbonyl (C=O) groups excluding carboxylic acids is 1. The molecule has 1 rings (SSSR count). The van der Waals surface area contributed by atoms with E-state index in [1.807, 2.05) is 18.7 Å². The minimum atomic E-state index is 0.201. The molecule has 146 valence electrons. The number of guanidine groups is 1. The standard InChI is InChI=1S/C19H39N5O/c1-5-20-19(21-12-11-18(25)24(6-2)7-3)22-15-17(4)16-23-13-9-8-10-14-23/h17H,5-16H2,1-4H3,(H2,20,21,22). The fraction of sp³-hybridized carbons (Fsp3) is 0.895. The Kier molecular flexibility index (Phi) is 11.3. The largest absolute Gasteiger partial charge is 0.357 e. The summed E-state index contributed by atoms with van der Waals surface area (Å²) >= 11 is 0. The van der Waals surface area contributed by atoms with Gasteiger partial charge in [-0.25, -0.2) is 0 Å². The van der Waals surface area contributed by atoms with Gasteiger partial charge >= 0.3 is 0 Å². The van der Waals surface area contributed by atoms with Gasteiger partial charge < -0.3 is 20.4 Å². The molecule has 6 nitrogen and oxygen atoms in total. The van der Waals surface area contributed by atoms with E-state index in [1.54, 1.807) is 0 Å². The summed E-state index contributed by atoms with van der Waals surface area (Å²) in [5.74, 6) is 1.57. The third kappa shape index (κ3) is 9.10. The molecule has 1 unspecified atom stereocenters. The van der Waals surface area contributed by atoms with E-state index in [1.165, 1.54) is 32.4 Å². The van der Waals surface area contributed by atoms with Crippen LogP contribution >= 0.6 is 0 Å². The highest BCUT2D eigenvalue weighted by atomic mass is 16.2. The van der Waals surface area contributed by atoms with Crippen LogP contribution in [0.15, 0.2) is 4.99 Å². The van der Waals surface area contributed by atoms with Crippen molar-refractivity contribution in [1.29, 1.82) is 0 Å². The molecule has 0 aromatic carbocycles. The van der Waals surface area contributed by atoms with Crippen LogP contribution in [0.3, 0.4) is 0 Å². The predicted octanol–water partition coefficient (Wildman–Crippen LogP) is 1.92.